The van der Waals surface area contributed by atoms with E-state index in [9.17, 15) is 8.42 Å². The van der Waals surface area contributed by atoms with Crippen molar-refractivity contribution in [3.05, 3.63) is 0 Å². The summed E-state index contributed by atoms with van der Waals surface area (Å²) in [6.45, 7) is -0.280. The second-order valence-electron chi connectivity index (χ2n) is 2.85. The maximum absolute atomic E-state index is 10.2. The molecule has 0 aromatic carbocycles. The van der Waals surface area contributed by atoms with Gasteiger partial charge in [0.05, 0.1) is 25.4 Å². The van der Waals surface area contributed by atoms with Gasteiger partial charge in [-0.05, 0) is 12.8 Å². The molecule has 2 unspecified atom stereocenters. The Bertz CT molecular complexity index is 248. The quantitative estimate of drug-likeness (QED) is 0.601. The van der Waals surface area contributed by atoms with Crippen molar-refractivity contribution in [1.82, 2.24) is 0 Å². The Labute approximate surface area is 76.4 Å². The van der Waals surface area contributed by atoms with Crippen LogP contribution in [0.5, 0.6) is 0 Å². The molecule has 2 atom stereocenters. The van der Waals surface area contributed by atoms with Gasteiger partial charge in [-0.3, -0.25) is 4.55 Å². The predicted molar refractivity (Wildman–Crippen MR) is 42.5 cm³/mol. The fourth-order valence-corrected chi connectivity index (χ4v) is 1.52. The molecule has 0 aromatic rings. The third kappa shape index (κ3) is 4.01. The lowest BCUT2D eigenvalue weighted by molar-refractivity contribution is -0.00785. The van der Waals surface area contributed by atoms with Crippen molar-refractivity contribution in [3.63, 3.8) is 0 Å². The van der Waals surface area contributed by atoms with Crippen molar-refractivity contribution in [2.75, 3.05) is 13.2 Å². The highest BCUT2D eigenvalue weighted by Crippen LogP contribution is 2.19. The number of aliphatic hydroxyl groups excluding tert-OH is 1. The second-order valence-corrected chi connectivity index (χ2v) is 3.94. The summed E-state index contributed by atoms with van der Waals surface area (Å²) in [7, 11) is -4.38. The summed E-state index contributed by atoms with van der Waals surface area (Å²) in [6, 6.07) is 0. The smallest absolute Gasteiger partial charge is 0.394 e. The van der Waals surface area contributed by atoms with Gasteiger partial charge in [-0.25, -0.2) is 4.18 Å². The summed E-state index contributed by atoms with van der Waals surface area (Å²) in [5, 5.41) is 8.68. The van der Waals surface area contributed by atoms with Gasteiger partial charge >= 0.3 is 10.4 Å². The summed E-state index contributed by atoms with van der Waals surface area (Å²) < 4.78 is 37.9. The van der Waals surface area contributed by atoms with Gasteiger partial charge in [0, 0.05) is 0 Å². The topological polar surface area (TPSA) is 93.1 Å². The summed E-state index contributed by atoms with van der Waals surface area (Å²) in [4.78, 5) is 0. The zero-order valence-electron chi connectivity index (χ0n) is 6.92. The normalized spacial score (nSPS) is 29.4. The van der Waals surface area contributed by atoms with Crippen LogP contribution in [-0.2, 0) is 19.3 Å². The molecule has 0 bridgehead atoms. The Morgan fingerprint density at radius 2 is 2.00 bits per heavy atom. The van der Waals surface area contributed by atoms with E-state index in [-0.39, 0.29) is 25.4 Å². The summed E-state index contributed by atoms with van der Waals surface area (Å²) >= 11 is 0. The first kappa shape index (κ1) is 10.9. The minimum atomic E-state index is -4.38. The molecule has 1 saturated heterocycles. The molecule has 7 heteroatoms. The largest absolute Gasteiger partial charge is 0.397 e. The van der Waals surface area contributed by atoms with E-state index < -0.39 is 10.4 Å². The Morgan fingerprint density at radius 1 is 1.38 bits per heavy atom. The molecule has 0 radical (unpaired) electrons. The van der Waals surface area contributed by atoms with Crippen molar-refractivity contribution >= 4 is 10.4 Å². The third-order valence-electron chi connectivity index (χ3n) is 1.80. The second kappa shape index (κ2) is 4.34. The molecule has 0 amide bonds. The standard InChI is InChI=1S/C6H12O6S/c7-3-5-1-2-6(12-5)4-11-13(8,9)10/h5-7H,1-4H2,(H,8,9,10). The molecule has 13 heavy (non-hydrogen) atoms. The van der Waals surface area contributed by atoms with Crippen LogP contribution in [0.4, 0.5) is 0 Å². The van der Waals surface area contributed by atoms with Gasteiger partial charge < -0.3 is 9.84 Å². The van der Waals surface area contributed by atoms with Crippen molar-refractivity contribution < 1.29 is 27.0 Å². The zero-order valence-corrected chi connectivity index (χ0v) is 7.74. The Morgan fingerprint density at radius 3 is 2.46 bits per heavy atom. The van der Waals surface area contributed by atoms with Crippen molar-refractivity contribution in [2.45, 2.75) is 25.0 Å². The number of rotatable bonds is 4. The molecule has 1 aliphatic rings. The van der Waals surface area contributed by atoms with E-state index in [0.717, 1.165) is 0 Å². The Kier molecular flexibility index (Phi) is 3.63. The lowest BCUT2D eigenvalue weighted by atomic mass is 10.2. The first-order chi connectivity index (χ1) is 6.01. The number of hydrogen-bond acceptors (Lipinski definition) is 5. The molecule has 1 heterocycles. The van der Waals surface area contributed by atoms with E-state index in [2.05, 4.69) is 4.18 Å². The van der Waals surface area contributed by atoms with Crippen LogP contribution in [0.1, 0.15) is 12.8 Å². The average Bonchev–Trinajstić information content (AvgIpc) is 2.47. The van der Waals surface area contributed by atoms with E-state index in [0.29, 0.717) is 12.8 Å². The van der Waals surface area contributed by atoms with Gasteiger partial charge in [0.15, 0.2) is 0 Å². The molecule has 0 saturated carbocycles. The van der Waals surface area contributed by atoms with Crippen LogP contribution >= 0.6 is 0 Å². The first-order valence-electron chi connectivity index (χ1n) is 3.89. The lowest BCUT2D eigenvalue weighted by Crippen LogP contribution is -2.20. The van der Waals surface area contributed by atoms with Crippen molar-refractivity contribution in [1.29, 1.82) is 0 Å². The molecule has 2 N–H and O–H groups in total. The predicted octanol–water partition coefficient (Wildman–Crippen LogP) is -0.654. The molecule has 6 nitrogen and oxygen atoms in total. The van der Waals surface area contributed by atoms with Gasteiger partial charge in [-0.1, -0.05) is 0 Å². The molecule has 1 aliphatic heterocycles. The summed E-state index contributed by atoms with van der Waals surface area (Å²) in [5.74, 6) is 0. The van der Waals surface area contributed by atoms with E-state index in [1.165, 1.54) is 0 Å². The van der Waals surface area contributed by atoms with Crippen molar-refractivity contribution in [3.8, 4) is 0 Å². The minimum absolute atomic E-state index is 0.0810. The molecular weight excluding hydrogens is 200 g/mol. The summed E-state index contributed by atoms with van der Waals surface area (Å²) in [5.41, 5.74) is 0. The van der Waals surface area contributed by atoms with Gasteiger partial charge in [0.2, 0.25) is 0 Å². The van der Waals surface area contributed by atoms with Gasteiger partial charge in [-0.2, -0.15) is 8.42 Å². The van der Waals surface area contributed by atoms with Crippen LogP contribution in [0.15, 0.2) is 0 Å². The van der Waals surface area contributed by atoms with Gasteiger partial charge in [0.25, 0.3) is 0 Å². The van der Waals surface area contributed by atoms with Crippen LogP contribution < -0.4 is 0 Å². The van der Waals surface area contributed by atoms with Crippen LogP contribution in [0.2, 0.25) is 0 Å². The number of ether oxygens (including phenoxy) is 1. The Hall–Kier alpha value is -0.210. The molecule has 0 aromatic heterocycles. The van der Waals surface area contributed by atoms with E-state index >= 15 is 0 Å². The van der Waals surface area contributed by atoms with Crippen LogP contribution in [-0.4, -0.2) is 43.5 Å². The highest BCUT2D eigenvalue weighted by atomic mass is 32.3. The molecule has 78 valence electrons. The molecule has 0 aliphatic carbocycles. The van der Waals surface area contributed by atoms with Crippen molar-refractivity contribution in [2.24, 2.45) is 0 Å². The Balaban J connectivity index is 2.25. The summed E-state index contributed by atoms with van der Waals surface area (Å²) in [6.07, 6.45) is 0.700. The highest BCUT2D eigenvalue weighted by molar-refractivity contribution is 7.80. The average molecular weight is 212 g/mol. The molecule has 0 spiro atoms. The lowest BCUT2D eigenvalue weighted by Gasteiger charge is -2.10. The number of aliphatic hydroxyl groups is 1. The minimum Gasteiger partial charge on any atom is -0.394 e. The SMILES string of the molecule is O=S(=O)(O)OCC1CCC(CO)O1. The molecular formula is C6H12O6S. The van der Waals surface area contributed by atoms with Crippen LogP contribution in [0.3, 0.4) is 0 Å². The van der Waals surface area contributed by atoms with Crippen LogP contribution in [0.25, 0.3) is 0 Å². The number of hydrogen-bond donors (Lipinski definition) is 2. The van der Waals surface area contributed by atoms with E-state index in [4.69, 9.17) is 14.4 Å². The van der Waals surface area contributed by atoms with E-state index in [1.54, 1.807) is 0 Å². The zero-order chi connectivity index (χ0) is 9.90. The maximum atomic E-state index is 10.2. The fourth-order valence-electron chi connectivity index (χ4n) is 1.20. The monoisotopic (exact) mass is 212 g/mol. The molecule has 1 fully saturated rings. The fraction of sp³-hybridized carbons (Fsp3) is 1.00. The third-order valence-corrected chi connectivity index (χ3v) is 2.24. The van der Waals surface area contributed by atoms with Gasteiger partial charge in [-0.15, -0.1) is 0 Å². The first-order valence-corrected chi connectivity index (χ1v) is 5.26. The van der Waals surface area contributed by atoms with Crippen LogP contribution in [0, 0.1) is 0 Å². The highest BCUT2D eigenvalue weighted by Gasteiger charge is 2.25. The van der Waals surface area contributed by atoms with Gasteiger partial charge in [0.1, 0.15) is 0 Å². The maximum Gasteiger partial charge on any atom is 0.397 e. The molecule has 1 rings (SSSR count). The van der Waals surface area contributed by atoms with E-state index in [1.807, 2.05) is 0 Å².